The monoisotopic (exact) mass is 192 g/mol. The van der Waals surface area contributed by atoms with E-state index in [1.807, 2.05) is 0 Å². The van der Waals surface area contributed by atoms with E-state index in [0.29, 0.717) is 5.92 Å². The van der Waals surface area contributed by atoms with Gasteiger partial charge in [-0.15, -0.1) is 0 Å². The van der Waals surface area contributed by atoms with Gasteiger partial charge in [0.05, 0.1) is 6.20 Å². The third kappa shape index (κ3) is 1.84. The molecular formula is C12H20N2. The van der Waals surface area contributed by atoms with Gasteiger partial charge < -0.3 is 0 Å². The minimum absolute atomic E-state index is 0.623. The summed E-state index contributed by atoms with van der Waals surface area (Å²) in [5.41, 5.74) is 2.96. The van der Waals surface area contributed by atoms with Crippen LogP contribution in [-0.4, -0.2) is 9.78 Å². The van der Waals surface area contributed by atoms with E-state index in [1.165, 1.54) is 43.4 Å². The van der Waals surface area contributed by atoms with E-state index < -0.39 is 0 Å². The largest absolute Gasteiger partial charge is 0.269 e. The molecule has 0 spiro atoms. The molecule has 0 aliphatic carbocycles. The lowest BCUT2D eigenvalue weighted by molar-refractivity contribution is 0.484. The van der Waals surface area contributed by atoms with Gasteiger partial charge in [-0.2, -0.15) is 5.10 Å². The molecule has 0 bridgehead atoms. The van der Waals surface area contributed by atoms with Crippen LogP contribution in [0.4, 0.5) is 0 Å². The maximum absolute atomic E-state index is 4.50. The highest BCUT2D eigenvalue weighted by atomic mass is 15.3. The fourth-order valence-electron chi connectivity index (χ4n) is 2.28. The van der Waals surface area contributed by atoms with Crippen molar-refractivity contribution >= 4 is 0 Å². The smallest absolute Gasteiger partial charge is 0.0527 e. The summed E-state index contributed by atoms with van der Waals surface area (Å²) >= 11 is 0. The summed E-state index contributed by atoms with van der Waals surface area (Å²) in [6.07, 6.45) is 8.70. The first-order valence-corrected chi connectivity index (χ1v) is 5.83. The van der Waals surface area contributed by atoms with Crippen molar-refractivity contribution in [2.45, 2.75) is 58.4 Å². The Morgan fingerprint density at radius 1 is 1.21 bits per heavy atom. The van der Waals surface area contributed by atoms with E-state index in [0.717, 1.165) is 6.54 Å². The zero-order chi connectivity index (χ0) is 9.97. The van der Waals surface area contributed by atoms with Gasteiger partial charge in [-0.05, 0) is 30.7 Å². The average Bonchev–Trinajstić information content (AvgIpc) is 2.47. The lowest BCUT2D eigenvalue weighted by Crippen LogP contribution is -2.09. The van der Waals surface area contributed by atoms with Crippen LogP contribution in [0.3, 0.4) is 0 Å². The summed E-state index contributed by atoms with van der Waals surface area (Å²) in [6, 6.07) is 0. The molecule has 0 N–H and O–H groups in total. The summed E-state index contributed by atoms with van der Waals surface area (Å²) in [4.78, 5) is 0. The highest BCUT2D eigenvalue weighted by molar-refractivity contribution is 5.21. The molecule has 1 aliphatic heterocycles. The summed E-state index contributed by atoms with van der Waals surface area (Å²) < 4.78 is 2.23. The number of nitrogens with zero attached hydrogens (tertiary/aromatic N) is 2. The van der Waals surface area contributed by atoms with Crippen molar-refractivity contribution in [1.82, 2.24) is 9.78 Å². The second-order valence-electron chi connectivity index (χ2n) is 4.59. The fraction of sp³-hybridized carbons (Fsp3) is 0.750. The predicted octanol–water partition coefficient (Wildman–Crippen LogP) is 3.12. The SMILES string of the molecule is CC(C)c1cnn2c1CCCCCC2. The molecule has 1 aliphatic rings. The van der Waals surface area contributed by atoms with Gasteiger partial charge in [0.2, 0.25) is 0 Å². The normalized spacial score (nSPS) is 17.6. The van der Waals surface area contributed by atoms with Crippen molar-refractivity contribution in [3.63, 3.8) is 0 Å². The van der Waals surface area contributed by atoms with Crippen molar-refractivity contribution in [3.8, 4) is 0 Å². The van der Waals surface area contributed by atoms with Gasteiger partial charge >= 0.3 is 0 Å². The Kier molecular flexibility index (Phi) is 2.90. The van der Waals surface area contributed by atoms with Crippen molar-refractivity contribution in [3.05, 3.63) is 17.5 Å². The highest BCUT2D eigenvalue weighted by Crippen LogP contribution is 2.23. The molecule has 0 amide bonds. The van der Waals surface area contributed by atoms with E-state index in [2.05, 4.69) is 29.8 Å². The Hall–Kier alpha value is -0.790. The molecule has 78 valence electrons. The number of aryl methyl sites for hydroxylation is 1. The van der Waals surface area contributed by atoms with Crippen LogP contribution in [0.15, 0.2) is 6.20 Å². The third-order valence-electron chi connectivity index (χ3n) is 3.14. The van der Waals surface area contributed by atoms with E-state index in [9.17, 15) is 0 Å². The molecule has 0 saturated carbocycles. The maximum Gasteiger partial charge on any atom is 0.0527 e. The lowest BCUT2D eigenvalue weighted by atomic mass is 9.99. The Balaban J connectivity index is 2.28. The van der Waals surface area contributed by atoms with Crippen LogP contribution in [0.2, 0.25) is 0 Å². The van der Waals surface area contributed by atoms with Gasteiger partial charge in [0, 0.05) is 12.2 Å². The second-order valence-corrected chi connectivity index (χ2v) is 4.59. The molecule has 2 nitrogen and oxygen atoms in total. The number of hydrogen-bond donors (Lipinski definition) is 0. The van der Waals surface area contributed by atoms with Crippen molar-refractivity contribution in [1.29, 1.82) is 0 Å². The molecule has 2 heterocycles. The van der Waals surface area contributed by atoms with E-state index in [-0.39, 0.29) is 0 Å². The number of rotatable bonds is 1. The zero-order valence-electron chi connectivity index (χ0n) is 9.29. The van der Waals surface area contributed by atoms with Crippen molar-refractivity contribution < 1.29 is 0 Å². The minimum Gasteiger partial charge on any atom is -0.269 e. The summed E-state index contributed by atoms with van der Waals surface area (Å²) in [5.74, 6) is 0.623. The van der Waals surface area contributed by atoms with Gasteiger partial charge in [0.1, 0.15) is 0 Å². The predicted molar refractivity (Wildman–Crippen MR) is 58.5 cm³/mol. The first-order valence-electron chi connectivity index (χ1n) is 5.83. The second kappa shape index (κ2) is 4.16. The number of fused-ring (bicyclic) bond motifs is 1. The van der Waals surface area contributed by atoms with Crippen LogP contribution >= 0.6 is 0 Å². The average molecular weight is 192 g/mol. The van der Waals surface area contributed by atoms with Crippen LogP contribution in [0, 0.1) is 0 Å². The van der Waals surface area contributed by atoms with Gasteiger partial charge in [0.25, 0.3) is 0 Å². The molecular weight excluding hydrogens is 172 g/mol. The molecule has 0 radical (unpaired) electrons. The summed E-state index contributed by atoms with van der Waals surface area (Å²) in [6.45, 7) is 5.65. The van der Waals surface area contributed by atoms with Crippen LogP contribution in [0.5, 0.6) is 0 Å². The molecule has 0 fully saturated rings. The molecule has 0 unspecified atom stereocenters. The molecule has 14 heavy (non-hydrogen) atoms. The molecule has 2 heteroatoms. The van der Waals surface area contributed by atoms with E-state index in [1.54, 1.807) is 0 Å². The molecule has 1 aromatic heterocycles. The van der Waals surface area contributed by atoms with E-state index >= 15 is 0 Å². The Morgan fingerprint density at radius 3 is 2.79 bits per heavy atom. The topological polar surface area (TPSA) is 17.8 Å². The molecule has 0 atom stereocenters. The van der Waals surface area contributed by atoms with Crippen molar-refractivity contribution in [2.75, 3.05) is 0 Å². The molecule has 1 aromatic rings. The number of hydrogen-bond acceptors (Lipinski definition) is 1. The summed E-state index contributed by atoms with van der Waals surface area (Å²) in [5, 5.41) is 4.50. The number of aromatic nitrogens is 2. The van der Waals surface area contributed by atoms with Gasteiger partial charge in [-0.3, -0.25) is 4.68 Å². The van der Waals surface area contributed by atoms with Crippen molar-refractivity contribution in [2.24, 2.45) is 0 Å². The van der Waals surface area contributed by atoms with Crippen LogP contribution in [-0.2, 0) is 13.0 Å². The molecule has 2 rings (SSSR count). The Bertz CT molecular complexity index is 299. The first kappa shape index (κ1) is 9.75. The van der Waals surface area contributed by atoms with Gasteiger partial charge in [-0.1, -0.05) is 26.7 Å². The van der Waals surface area contributed by atoms with Gasteiger partial charge in [0.15, 0.2) is 0 Å². The van der Waals surface area contributed by atoms with Crippen LogP contribution in [0.1, 0.15) is 56.7 Å². The molecule has 0 saturated heterocycles. The summed E-state index contributed by atoms with van der Waals surface area (Å²) in [7, 11) is 0. The first-order chi connectivity index (χ1) is 6.79. The fourth-order valence-corrected chi connectivity index (χ4v) is 2.28. The van der Waals surface area contributed by atoms with Crippen LogP contribution in [0.25, 0.3) is 0 Å². The minimum atomic E-state index is 0.623. The lowest BCUT2D eigenvalue weighted by Gasteiger charge is -2.14. The standard InChI is InChI=1S/C12H20N2/c1-10(2)11-9-13-14-8-6-4-3-5-7-12(11)14/h9-10H,3-8H2,1-2H3. The quantitative estimate of drug-likeness (QED) is 0.668. The maximum atomic E-state index is 4.50. The van der Waals surface area contributed by atoms with E-state index in [4.69, 9.17) is 0 Å². The zero-order valence-corrected chi connectivity index (χ0v) is 9.29. The molecule has 0 aromatic carbocycles. The van der Waals surface area contributed by atoms with Gasteiger partial charge in [-0.25, -0.2) is 0 Å². The highest BCUT2D eigenvalue weighted by Gasteiger charge is 2.14. The Morgan fingerprint density at radius 2 is 2.00 bits per heavy atom. The Labute approximate surface area is 86.3 Å². The third-order valence-corrected chi connectivity index (χ3v) is 3.14. The van der Waals surface area contributed by atoms with Crippen LogP contribution < -0.4 is 0 Å².